The summed E-state index contributed by atoms with van der Waals surface area (Å²) < 4.78 is 33.4. The largest absolute Gasteiger partial charge is 0.332 e. The second kappa shape index (κ2) is 9.09. The summed E-state index contributed by atoms with van der Waals surface area (Å²) in [5, 5.41) is 0. The third-order valence-electron chi connectivity index (χ3n) is 3.67. The normalized spacial score (nSPS) is 16.0. The highest BCUT2D eigenvalue weighted by Crippen LogP contribution is 2.46. The molecule has 0 aliphatic carbocycles. The van der Waals surface area contributed by atoms with Gasteiger partial charge in [0.2, 0.25) is 0 Å². The molecule has 0 fully saturated rings. The van der Waals surface area contributed by atoms with Crippen molar-refractivity contribution in [2.45, 2.75) is 26.2 Å². The van der Waals surface area contributed by atoms with Crippen molar-refractivity contribution < 1.29 is 28.0 Å². The van der Waals surface area contributed by atoms with E-state index in [0.717, 1.165) is 22.3 Å². The van der Waals surface area contributed by atoms with Gasteiger partial charge in [-0.05, 0) is 36.1 Å². The van der Waals surface area contributed by atoms with Gasteiger partial charge in [-0.1, -0.05) is 48.5 Å². The fraction of sp³-hybridized carbons (Fsp3) is 0.333. The molecular formula is C18H24O6P2. The van der Waals surface area contributed by atoms with Crippen LogP contribution < -0.4 is 0 Å². The minimum atomic E-state index is -3.60. The average Bonchev–Trinajstić information content (AvgIpc) is 2.55. The molecule has 0 aromatic heterocycles. The van der Waals surface area contributed by atoms with Crippen LogP contribution in [0.25, 0.3) is 11.1 Å². The lowest BCUT2D eigenvalue weighted by Crippen LogP contribution is -1.94. The van der Waals surface area contributed by atoms with Crippen LogP contribution in [0.4, 0.5) is 0 Å². The minimum Gasteiger partial charge on any atom is -0.324 e. The molecule has 0 radical (unpaired) electrons. The maximum atomic E-state index is 11.8. The van der Waals surface area contributed by atoms with Gasteiger partial charge in [-0.2, -0.15) is 0 Å². The van der Waals surface area contributed by atoms with E-state index in [2.05, 4.69) is 0 Å². The first kappa shape index (κ1) is 21.0. The minimum absolute atomic E-state index is 0.0245. The molecule has 2 rings (SSSR count). The van der Waals surface area contributed by atoms with Crippen molar-refractivity contribution in [3.05, 3.63) is 59.7 Å². The summed E-state index contributed by atoms with van der Waals surface area (Å²) in [5.74, 6) is 0. The third-order valence-corrected chi connectivity index (χ3v) is 6.52. The first-order valence-corrected chi connectivity index (χ1v) is 11.9. The van der Waals surface area contributed by atoms with E-state index >= 15 is 0 Å². The molecule has 8 heteroatoms. The highest BCUT2D eigenvalue weighted by molar-refractivity contribution is 7.52. The lowest BCUT2D eigenvalue weighted by Gasteiger charge is -2.12. The first-order chi connectivity index (χ1) is 12.2. The summed E-state index contributed by atoms with van der Waals surface area (Å²) >= 11 is 0. The Morgan fingerprint density at radius 3 is 1.27 bits per heavy atom. The van der Waals surface area contributed by atoms with Crippen molar-refractivity contribution in [3.63, 3.8) is 0 Å². The predicted octanol–water partition coefficient (Wildman–Crippen LogP) is 4.80. The Hall–Kier alpha value is -1.26. The van der Waals surface area contributed by atoms with Gasteiger partial charge in [0, 0.05) is 0 Å². The Balaban J connectivity index is 2.07. The molecular weight excluding hydrogens is 374 g/mol. The molecule has 6 nitrogen and oxygen atoms in total. The summed E-state index contributed by atoms with van der Waals surface area (Å²) in [4.78, 5) is 19.4. The summed E-state index contributed by atoms with van der Waals surface area (Å²) in [5.41, 5.74) is 3.34. The molecule has 0 saturated carbocycles. The van der Waals surface area contributed by atoms with Crippen molar-refractivity contribution in [3.8, 4) is 11.1 Å². The lowest BCUT2D eigenvalue weighted by molar-refractivity contribution is 0.271. The number of rotatable bonds is 9. The Morgan fingerprint density at radius 1 is 0.692 bits per heavy atom. The van der Waals surface area contributed by atoms with E-state index < -0.39 is 15.2 Å². The van der Waals surface area contributed by atoms with E-state index in [9.17, 15) is 18.9 Å². The van der Waals surface area contributed by atoms with Crippen LogP contribution >= 0.6 is 15.2 Å². The molecule has 0 saturated heterocycles. The van der Waals surface area contributed by atoms with Gasteiger partial charge in [0.05, 0.1) is 25.5 Å². The zero-order chi connectivity index (χ0) is 19.2. The molecule has 2 atom stereocenters. The van der Waals surface area contributed by atoms with Crippen LogP contribution in [0.2, 0.25) is 0 Å². The van der Waals surface area contributed by atoms with Crippen molar-refractivity contribution in [2.75, 3.05) is 13.2 Å². The van der Waals surface area contributed by atoms with Crippen LogP contribution in [0, 0.1) is 0 Å². The lowest BCUT2D eigenvalue weighted by atomic mass is 10.0. The molecule has 26 heavy (non-hydrogen) atoms. The predicted molar refractivity (Wildman–Crippen MR) is 102 cm³/mol. The molecule has 142 valence electrons. The number of benzene rings is 2. The van der Waals surface area contributed by atoms with Gasteiger partial charge in [-0.15, -0.1) is 0 Å². The molecule has 0 bridgehead atoms. The van der Waals surface area contributed by atoms with Crippen LogP contribution in [-0.4, -0.2) is 23.0 Å². The molecule has 2 aromatic rings. The Morgan fingerprint density at radius 2 is 1.00 bits per heavy atom. The quantitative estimate of drug-likeness (QED) is 0.590. The Kier molecular flexibility index (Phi) is 7.36. The molecule has 0 aliphatic rings. The summed E-state index contributed by atoms with van der Waals surface area (Å²) in [6.07, 6.45) is -0.0491. The maximum Gasteiger partial charge on any atom is 0.332 e. The molecule has 2 unspecified atom stereocenters. The third kappa shape index (κ3) is 6.48. The van der Waals surface area contributed by atoms with E-state index in [1.807, 2.05) is 24.3 Å². The van der Waals surface area contributed by atoms with Gasteiger partial charge in [-0.25, -0.2) is 0 Å². The van der Waals surface area contributed by atoms with E-state index in [0.29, 0.717) is 0 Å². The second-order valence-electron chi connectivity index (χ2n) is 5.82. The number of hydrogen-bond donors (Lipinski definition) is 2. The average molecular weight is 398 g/mol. The second-order valence-corrected chi connectivity index (χ2v) is 9.52. The van der Waals surface area contributed by atoms with Gasteiger partial charge in [-0.3, -0.25) is 9.13 Å². The molecule has 0 spiro atoms. The fourth-order valence-corrected chi connectivity index (χ4v) is 4.90. The smallest absolute Gasteiger partial charge is 0.324 e. The summed E-state index contributed by atoms with van der Waals surface area (Å²) in [6, 6.07) is 14.6. The summed E-state index contributed by atoms with van der Waals surface area (Å²) in [7, 11) is -7.19. The van der Waals surface area contributed by atoms with Gasteiger partial charge < -0.3 is 18.8 Å². The molecule has 0 amide bonds. The van der Waals surface area contributed by atoms with Gasteiger partial charge in [0.1, 0.15) is 0 Å². The van der Waals surface area contributed by atoms with Crippen LogP contribution in [0.5, 0.6) is 0 Å². The highest BCUT2D eigenvalue weighted by Gasteiger charge is 2.20. The molecule has 2 aromatic carbocycles. The van der Waals surface area contributed by atoms with Crippen molar-refractivity contribution >= 4 is 15.2 Å². The number of hydrogen-bond acceptors (Lipinski definition) is 4. The van der Waals surface area contributed by atoms with E-state index in [1.54, 1.807) is 38.1 Å². The van der Waals surface area contributed by atoms with E-state index in [4.69, 9.17) is 9.05 Å². The molecule has 0 heterocycles. The highest BCUT2D eigenvalue weighted by atomic mass is 31.2. The van der Waals surface area contributed by atoms with Crippen LogP contribution in [0.3, 0.4) is 0 Å². The van der Waals surface area contributed by atoms with Crippen LogP contribution in [0.15, 0.2) is 48.5 Å². The van der Waals surface area contributed by atoms with Crippen LogP contribution in [-0.2, 0) is 30.5 Å². The van der Waals surface area contributed by atoms with Gasteiger partial charge in [0.25, 0.3) is 0 Å². The van der Waals surface area contributed by atoms with Crippen molar-refractivity contribution in [1.29, 1.82) is 0 Å². The van der Waals surface area contributed by atoms with Gasteiger partial charge >= 0.3 is 15.2 Å². The Labute approximate surface area is 153 Å². The molecule has 2 N–H and O–H groups in total. The van der Waals surface area contributed by atoms with Crippen molar-refractivity contribution in [1.82, 2.24) is 0 Å². The molecule has 0 aliphatic heterocycles. The van der Waals surface area contributed by atoms with E-state index in [-0.39, 0.29) is 25.5 Å². The zero-order valence-electron chi connectivity index (χ0n) is 14.9. The summed E-state index contributed by atoms with van der Waals surface area (Å²) in [6.45, 7) is 3.75. The van der Waals surface area contributed by atoms with Crippen molar-refractivity contribution in [2.24, 2.45) is 0 Å². The fourth-order valence-electron chi connectivity index (χ4n) is 2.56. The first-order valence-electron chi connectivity index (χ1n) is 8.35. The Bertz CT molecular complexity index is 732. The SMILES string of the molecule is CCOP(=O)(O)Cc1ccc(-c2ccc(CP(=O)(O)OCC)cc2)cc1. The maximum absolute atomic E-state index is 11.8. The van der Waals surface area contributed by atoms with Gasteiger partial charge in [0.15, 0.2) is 0 Å². The monoisotopic (exact) mass is 398 g/mol. The topological polar surface area (TPSA) is 93.1 Å². The van der Waals surface area contributed by atoms with E-state index in [1.165, 1.54) is 0 Å². The standard InChI is InChI=1S/C18H24O6P2/c1-3-23-25(19,20)13-15-5-9-17(10-6-15)18-11-7-16(8-12-18)14-26(21,22)24-4-2/h5-12H,3-4,13-14H2,1-2H3,(H,19,20)(H,21,22). The van der Waals surface area contributed by atoms with Crippen LogP contribution in [0.1, 0.15) is 25.0 Å². The zero-order valence-corrected chi connectivity index (χ0v) is 16.7.